The summed E-state index contributed by atoms with van der Waals surface area (Å²) in [5.41, 5.74) is 4.79. The van der Waals surface area contributed by atoms with Gasteiger partial charge >= 0.3 is 6.18 Å². The van der Waals surface area contributed by atoms with Gasteiger partial charge in [0.05, 0.1) is 11.9 Å². The number of aromatic nitrogens is 2. The van der Waals surface area contributed by atoms with E-state index in [-0.39, 0.29) is 17.4 Å². The van der Waals surface area contributed by atoms with Crippen LogP contribution in [-0.4, -0.2) is 15.6 Å². The fraction of sp³-hybridized carbons (Fsp3) is 0.308. The SMILES string of the molecule is CC(Cn1ccnc1)Nc1ccc(N)cc1C(F)(F)F. The van der Waals surface area contributed by atoms with Crippen molar-refractivity contribution in [3.8, 4) is 0 Å². The summed E-state index contributed by atoms with van der Waals surface area (Å²) in [5.74, 6) is 0. The van der Waals surface area contributed by atoms with Crippen molar-refractivity contribution in [2.75, 3.05) is 11.1 Å². The number of benzene rings is 1. The number of nitrogen functional groups attached to an aromatic ring is 1. The van der Waals surface area contributed by atoms with Crippen LogP contribution >= 0.6 is 0 Å². The zero-order valence-corrected chi connectivity index (χ0v) is 10.9. The van der Waals surface area contributed by atoms with Crippen LogP contribution in [0.25, 0.3) is 0 Å². The summed E-state index contributed by atoms with van der Waals surface area (Å²) < 4.78 is 40.6. The van der Waals surface area contributed by atoms with Crippen molar-refractivity contribution in [2.24, 2.45) is 0 Å². The number of imidazole rings is 1. The first-order chi connectivity index (χ1) is 9.36. The predicted octanol–water partition coefficient (Wildman–Crippen LogP) is 2.98. The number of nitrogens with one attached hydrogen (secondary N) is 1. The molecular formula is C13H15F3N4. The van der Waals surface area contributed by atoms with Crippen LogP contribution in [0.2, 0.25) is 0 Å². The monoisotopic (exact) mass is 284 g/mol. The average molecular weight is 284 g/mol. The van der Waals surface area contributed by atoms with Crippen LogP contribution in [0.3, 0.4) is 0 Å². The molecule has 7 heteroatoms. The van der Waals surface area contributed by atoms with E-state index in [4.69, 9.17) is 5.73 Å². The van der Waals surface area contributed by atoms with Crippen molar-refractivity contribution >= 4 is 11.4 Å². The molecule has 0 fully saturated rings. The third-order valence-electron chi connectivity index (χ3n) is 2.79. The molecule has 1 atom stereocenters. The standard InChI is InChI=1S/C13H15F3N4/c1-9(7-20-5-4-18-8-20)19-12-3-2-10(17)6-11(12)13(14,15)16/h2-6,8-9,19H,7,17H2,1H3. The van der Waals surface area contributed by atoms with Gasteiger partial charge in [0.1, 0.15) is 0 Å². The van der Waals surface area contributed by atoms with Crippen LogP contribution in [0.5, 0.6) is 0 Å². The van der Waals surface area contributed by atoms with Gasteiger partial charge in [0.25, 0.3) is 0 Å². The maximum atomic E-state index is 12.9. The minimum atomic E-state index is -4.44. The minimum Gasteiger partial charge on any atom is -0.399 e. The van der Waals surface area contributed by atoms with Crippen molar-refractivity contribution < 1.29 is 13.2 Å². The van der Waals surface area contributed by atoms with Gasteiger partial charge in [-0.05, 0) is 25.1 Å². The molecule has 1 heterocycles. The third-order valence-corrected chi connectivity index (χ3v) is 2.79. The molecule has 0 saturated carbocycles. The summed E-state index contributed by atoms with van der Waals surface area (Å²) in [6.07, 6.45) is 0.557. The van der Waals surface area contributed by atoms with Crippen molar-refractivity contribution in [3.63, 3.8) is 0 Å². The van der Waals surface area contributed by atoms with E-state index in [1.54, 1.807) is 30.2 Å². The molecule has 1 aromatic heterocycles. The average Bonchev–Trinajstić information content (AvgIpc) is 2.82. The molecule has 2 aromatic rings. The molecule has 108 valence electrons. The first-order valence-corrected chi connectivity index (χ1v) is 6.05. The fourth-order valence-corrected chi connectivity index (χ4v) is 1.94. The van der Waals surface area contributed by atoms with Gasteiger partial charge in [-0.25, -0.2) is 4.98 Å². The zero-order valence-electron chi connectivity index (χ0n) is 10.9. The fourth-order valence-electron chi connectivity index (χ4n) is 1.94. The highest BCUT2D eigenvalue weighted by molar-refractivity contribution is 5.59. The van der Waals surface area contributed by atoms with Crippen molar-refractivity contribution in [1.29, 1.82) is 0 Å². The van der Waals surface area contributed by atoms with Gasteiger partial charge in [-0.1, -0.05) is 0 Å². The Labute approximate surface area is 114 Å². The summed E-state index contributed by atoms with van der Waals surface area (Å²) in [7, 11) is 0. The Kier molecular flexibility index (Phi) is 3.87. The summed E-state index contributed by atoms with van der Waals surface area (Å²) in [4.78, 5) is 3.89. The molecule has 0 amide bonds. The zero-order chi connectivity index (χ0) is 14.8. The molecule has 0 radical (unpaired) electrons. The molecule has 0 aliphatic heterocycles. The molecule has 0 aliphatic rings. The molecule has 0 spiro atoms. The normalized spacial score (nSPS) is 13.2. The largest absolute Gasteiger partial charge is 0.418 e. The van der Waals surface area contributed by atoms with E-state index >= 15 is 0 Å². The van der Waals surface area contributed by atoms with Crippen LogP contribution in [0, 0.1) is 0 Å². The van der Waals surface area contributed by atoms with E-state index in [1.165, 1.54) is 12.1 Å². The first-order valence-electron chi connectivity index (χ1n) is 6.05. The van der Waals surface area contributed by atoms with Crippen molar-refractivity contribution in [3.05, 3.63) is 42.5 Å². The minimum absolute atomic E-state index is 0.0271. The number of halogens is 3. The number of hydrogen-bond acceptors (Lipinski definition) is 3. The summed E-state index contributed by atoms with van der Waals surface area (Å²) in [6.45, 7) is 2.32. The number of alkyl halides is 3. The van der Waals surface area contributed by atoms with Gasteiger partial charge in [0.15, 0.2) is 0 Å². The highest BCUT2D eigenvalue weighted by atomic mass is 19.4. The Balaban J connectivity index is 2.16. The third kappa shape index (κ3) is 3.43. The summed E-state index contributed by atoms with van der Waals surface area (Å²) >= 11 is 0. The maximum Gasteiger partial charge on any atom is 0.418 e. The van der Waals surface area contributed by atoms with E-state index in [2.05, 4.69) is 10.3 Å². The van der Waals surface area contributed by atoms with Gasteiger partial charge in [-0.3, -0.25) is 0 Å². The molecule has 3 N–H and O–H groups in total. The second kappa shape index (κ2) is 5.44. The van der Waals surface area contributed by atoms with Crippen LogP contribution in [0.15, 0.2) is 36.9 Å². The molecule has 0 saturated heterocycles. The Hall–Kier alpha value is -2.18. The van der Waals surface area contributed by atoms with Gasteiger partial charge in [-0.15, -0.1) is 0 Å². The van der Waals surface area contributed by atoms with Crippen molar-refractivity contribution in [2.45, 2.75) is 25.7 Å². The number of nitrogens with zero attached hydrogens (tertiary/aromatic N) is 2. The van der Waals surface area contributed by atoms with Crippen molar-refractivity contribution in [1.82, 2.24) is 9.55 Å². The number of anilines is 2. The molecule has 2 rings (SSSR count). The Bertz CT molecular complexity index is 563. The lowest BCUT2D eigenvalue weighted by molar-refractivity contribution is -0.136. The maximum absolute atomic E-state index is 12.9. The molecule has 4 nitrogen and oxygen atoms in total. The van der Waals surface area contributed by atoms with E-state index in [0.29, 0.717) is 6.54 Å². The number of nitrogens with two attached hydrogens (primary N) is 1. The summed E-state index contributed by atoms with van der Waals surface area (Å²) in [5, 5.41) is 2.86. The first kappa shape index (κ1) is 14.2. The Morgan fingerprint density at radius 3 is 2.75 bits per heavy atom. The molecule has 20 heavy (non-hydrogen) atoms. The summed E-state index contributed by atoms with van der Waals surface area (Å²) in [6, 6.07) is 3.55. The predicted molar refractivity (Wildman–Crippen MR) is 71.2 cm³/mol. The van der Waals surface area contributed by atoms with Crippen LogP contribution in [-0.2, 0) is 12.7 Å². The Morgan fingerprint density at radius 2 is 2.15 bits per heavy atom. The van der Waals surface area contributed by atoms with Crippen LogP contribution in [0.1, 0.15) is 12.5 Å². The second-order valence-electron chi connectivity index (χ2n) is 4.61. The lowest BCUT2D eigenvalue weighted by atomic mass is 10.1. The van der Waals surface area contributed by atoms with Crippen LogP contribution in [0.4, 0.5) is 24.5 Å². The smallest absolute Gasteiger partial charge is 0.399 e. The lowest BCUT2D eigenvalue weighted by Gasteiger charge is -2.20. The van der Waals surface area contributed by atoms with E-state index < -0.39 is 11.7 Å². The Morgan fingerprint density at radius 1 is 1.40 bits per heavy atom. The van der Waals surface area contributed by atoms with Crippen LogP contribution < -0.4 is 11.1 Å². The molecule has 1 aromatic carbocycles. The quantitative estimate of drug-likeness (QED) is 0.849. The topological polar surface area (TPSA) is 55.9 Å². The van der Waals surface area contributed by atoms with Gasteiger partial charge in [-0.2, -0.15) is 13.2 Å². The highest BCUT2D eigenvalue weighted by Crippen LogP contribution is 2.36. The highest BCUT2D eigenvalue weighted by Gasteiger charge is 2.34. The molecular weight excluding hydrogens is 269 g/mol. The van der Waals surface area contributed by atoms with E-state index in [0.717, 1.165) is 6.07 Å². The lowest BCUT2D eigenvalue weighted by Crippen LogP contribution is -2.23. The van der Waals surface area contributed by atoms with E-state index in [9.17, 15) is 13.2 Å². The number of hydrogen-bond donors (Lipinski definition) is 2. The van der Waals surface area contributed by atoms with Gasteiger partial charge in [0, 0.05) is 36.4 Å². The van der Waals surface area contributed by atoms with Gasteiger partial charge in [0.2, 0.25) is 0 Å². The van der Waals surface area contributed by atoms with Gasteiger partial charge < -0.3 is 15.6 Å². The molecule has 0 aliphatic carbocycles. The molecule has 0 bridgehead atoms. The second-order valence-corrected chi connectivity index (χ2v) is 4.61. The number of rotatable bonds is 4. The molecule has 1 unspecified atom stereocenters. The van der Waals surface area contributed by atoms with E-state index in [1.807, 2.05) is 0 Å².